The van der Waals surface area contributed by atoms with Crippen LogP contribution in [0.3, 0.4) is 0 Å². The zero-order valence-corrected chi connectivity index (χ0v) is 13.6. The van der Waals surface area contributed by atoms with Crippen molar-refractivity contribution < 1.29 is 0 Å². The fourth-order valence-corrected chi connectivity index (χ4v) is 3.15. The second kappa shape index (κ2) is 5.79. The molecule has 0 aliphatic carbocycles. The highest BCUT2D eigenvalue weighted by atomic mass is 35.5. The number of benzene rings is 1. The van der Waals surface area contributed by atoms with Gasteiger partial charge in [0.25, 0.3) is 0 Å². The predicted octanol–water partition coefficient (Wildman–Crippen LogP) is 2.20. The van der Waals surface area contributed by atoms with Gasteiger partial charge in [-0.05, 0) is 13.1 Å². The molecule has 23 heavy (non-hydrogen) atoms. The van der Waals surface area contributed by atoms with E-state index in [1.165, 1.54) is 0 Å². The fourth-order valence-electron chi connectivity index (χ4n) is 2.92. The monoisotopic (exact) mass is 328 g/mol. The lowest BCUT2D eigenvalue weighted by molar-refractivity contribution is 0.312. The summed E-state index contributed by atoms with van der Waals surface area (Å²) in [6.45, 7) is 3.93. The van der Waals surface area contributed by atoms with Crippen LogP contribution in [0.4, 0.5) is 5.82 Å². The van der Waals surface area contributed by atoms with Crippen LogP contribution < -0.4 is 4.90 Å². The summed E-state index contributed by atoms with van der Waals surface area (Å²) in [7, 11) is 2.14. The van der Waals surface area contributed by atoms with Crippen molar-refractivity contribution >= 4 is 23.1 Å². The molecule has 1 saturated heterocycles. The van der Waals surface area contributed by atoms with Gasteiger partial charge in [-0.15, -0.1) is 10.2 Å². The van der Waals surface area contributed by atoms with Gasteiger partial charge in [0.1, 0.15) is 6.33 Å². The van der Waals surface area contributed by atoms with Crippen LogP contribution in [-0.4, -0.2) is 57.7 Å². The Kier molecular flexibility index (Phi) is 3.63. The summed E-state index contributed by atoms with van der Waals surface area (Å²) < 4.78 is 1.96. The summed E-state index contributed by atoms with van der Waals surface area (Å²) in [5, 5.41) is 9.05. The average molecular weight is 329 g/mol. The highest BCUT2D eigenvalue weighted by Crippen LogP contribution is 2.29. The van der Waals surface area contributed by atoms with Crippen LogP contribution in [-0.2, 0) is 0 Å². The van der Waals surface area contributed by atoms with E-state index >= 15 is 0 Å². The third-order valence-corrected chi connectivity index (χ3v) is 4.60. The molecule has 1 aliphatic heterocycles. The number of hydrogen-bond donors (Lipinski definition) is 0. The molecule has 6 nitrogen and oxygen atoms in total. The SMILES string of the molecule is CN1CCN(c2ncc(-c3ccccc3Cl)n3cnnc23)CC1. The molecular weight excluding hydrogens is 312 g/mol. The third kappa shape index (κ3) is 2.54. The minimum Gasteiger partial charge on any atom is -0.351 e. The predicted molar refractivity (Wildman–Crippen MR) is 90.9 cm³/mol. The van der Waals surface area contributed by atoms with Crippen molar-refractivity contribution in [3.05, 3.63) is 41.8 Å². The minimum atomic E-state index is 0.691. The zero-order chi connectivity index (χ0) is 15.8. The molecule has 3 heterocycles. The molecule has 0 amide bonds. The molecule has 3 aromatic rings. The smallest absolute Gasteiger partial charge is 0.204 e. The Morgan fingerprint density at radius 2 is 1.87 bits per heavy atom. The molecule has 0 N–H and O–H groups in total. The van der Waals surface area contributed by atoms with E-state index in [0.717, 1.165) is 48.9 Å². The van der Waals surface area contributed by atoms with E-state index in [1.807, 2.05) is 34.9 Å². The Balaban J connectivity index is 1.81. The molecule has 0 radical (unpaired) electrons. The first-order valence-electron chi connectivity index (χ1n) is 7.61. The number of fused-ring (bicyclic) bond motifs is 1. The highest BCUT2D eigenvalue weighted by molar-refractivity contribution is 6.33. The van der Waals surface area contributed by atoms with E-state index in [-0.39, 0.29) is 0 Å². The van der Waals surface area contributed by atoms with Crippen LogP contribution >= 0.6 is 11.6 Å². The van der Waals surface area contributed by atoms with Crippen LogP contribution in [0.1, 0.15) is 0 Å². The van der Waals surface area contributed by atoms with Gasteiger partial charge in [0.2, 0.25) is 5.65 Å². The molecule has 7 heteroatoms. The Hall–Kier alpha value is -2.18. The van der Waals surface area contributed by atoms with Crippen molar-refractivity contribution in [1.82, 2.24) is 24.5 Å². The number of aromatic nitrogens is 4. The van der Waals surface area contributed by atoms with E-state index in [2.05, 4.69) is 32.0 Å². The summed E-state index contributed by atoms with van der Waals surface area (Å²) >= 11 is 6.33. The van der Waals surface area contributed by atoms with Gasteiger partial charge in [-0.2, -0.15) is 0 Å². The Morgan fingerprint density at radius 3 is 2.65 bits per heavy atom. The molecule has 0 spiro atoms. The van der Waals surface area contributed by atoms with Gasteiger partial charge in [0.15, 0.2) is 5.82 Å². The lowest BCUT2D eigenvalue weighted by Gasteiger charge is -2.33. The van der Waals surface area contributed by atoms with Crippen molar-refractivity contribution in [2.75, 3.05) is 38.1 Å². The molecule has 0 bridgehead atoms. The molecular formula is C16H17ClN6. The summed E-state index contributed by atoms with van der Waals surface area (Å²) in [6.07, 6.45) is 3.57. The summed E-state index contributed by atoms with van der Waals surface area (Å²) in [4.78, 5) is 9.25. The van der Waals surface area contributed by atoms with Crippen molar-refractivity contribution in [2.45, 2.75) is 0 Å². The Labute approximate surface area is 139 Å². The Bertz CT molecular complexity index is 837. The Morgan fingerprint density at radius 1 is 1.09 bits per heavy atom. The second-order valence-electron chi connectivity index (χ2n) is 5.76. The van der Waals surface area contributed by atoms with Crippen molar-refractivity contribution in [1.29, 1.82) is 0 Å². The van der Waals surface area contributed by atoms with Crippen molar-refractivity contribution in [3.8, 4) is 11.3 Å². The summed E-state index contributed by atoms with van der Waals surface area (Å²) in [6, 6.07) is 7.74. The van der Waals surface area contributed by atoms with Gasteiger partial charge in [-0.1, -0.05) is 29.8 Å². The molecule has 0 saturated carbocycles. The van der Waals surface area contributed by atoms with Crippen molar-refractivity contribution in [2.24, 2.45) is 0 Å². The normalized spacial score (nSPS) is 16.2. The van der Waals surface area contributed by atoms with E-state index in [9.17, 15) is 0 Å². The van der Waals surface area contributed by atoms with Gasteiger partial charge in [0.05, 0.1) is 11.9 Å². The summed E-state index contributed by atoms with van der Waals surface area (Å²) in [5.41, 5.74) is 2.59. The number of hydrogen-bond acceptors (Lipinski definition) is 5. The average Bonchev–Trinajstić information content (AvgIpc) is 3.05. The molecule has 4 rings (SSSR count). The molecule has 2 aromatic heterocycles. The second-order valence-corrected chi connectivity index (χ2v) is 6.17. The van der Waals surface area contributed by atoms with Gasteiger partial charge in [-0.25, -0.2) is 4.98 Å². The molecule has 0 unspecified atom stereocenters. The summed E-state index contributed by atoms with van der Waals surface area (Å²) in [5.74, 6) is 0.881. The molecule has 1 fully saturated rings. The molecule has 118 valence electrons. The minimum absolute atomic E-state index is 0.691. The third-order valence-electron chi connectivity index (χ3n) is 4.27. The van der Waals surface area contributed by atoms with Gasteiger partial charge in [-0.3, -0.25) is 4.40 Å². The number of rotatable bonds is 2. The van der Waals surface area contributed by atoms with Crippen LogP contribution in [0.25, 0.3) is 16.9 Å². The van der Waals surface area contributed by atoms with E-state index in [0.29, 0.717) is 5.02 Å². The lowest BCUT2D eigenvalue weighted by atomic mass is 10.1. The number of piperazine rings is 1. The highest BCUT2D eigenvalue weighted by Gasteiger charge is 2.20. The van der Waals surface area contributed by atoms with Crippen LogP contribution in [0.2, 0.25) is 5.02 Å². The number of nitrogens with zero attached hydrogens (tertiary/aromatic N) is 6. The van der Waals surface area contributed by atoms with Gasteiger partial charge >= 0.3 is 0 Å². The van der Waals surface area contributed by atoms with Crippen LogP contribution in [0, 0.1) is 0 Å². The first-order chi connectivity index (χ1) is 11.2. The van der Waals surface area contributed by atoms with Crippen LogP contribution in [0.15, 0.2) is 36.8 Å². The molecule has 1 aromatic carbocycles. The number of halogens is 1. The van der Waals surface area contributed by atoms with Crippen LogP contribution in [0.5, 0.6) is 0 Å². The molecule has 1 aliphatic rings. The first-order valence-corrected chi connectivity index (χ1v) is 7.99. The van der Waals surface area contributed by atoms with E-state index in [4.69, 9.17) is 11.6 Å². The molecule has 0 atom stereocenters. The largest absolute Gasteiger partial charge is 0.351 e. The number of anilines is 1. The zero-order valence-electron chi connectivity index (χ0n) is 12.9. The van der Waals surface area contributed by atoms with E-state index < -0.39 is 0 Å². The topological polar surface area (TPSA) is 49.6 Å². The maximum Gasteiger partial charge on any atom is 0.204 e. The van der Waals surface area contributed by atoms with Gasteiger partial charge < -0.3 is 9.80 Å². The number of likely N-dealkylation sites (N-methyl/N-ethyl adjacent to an activating group) is 1. The maximum absolute atomic E-state index is 6.33. The quantitative estimate of drug-likeness (QED) is 0.722. The lowest BCUT2D eigenvalue weighted by Crippen LogP contribution is -2.45. The van der Waals surface area contributed by atoms with Crippen molar-refractivity contribution in [3.63, 3.8) is 0 Å². The standard InChI is InChI=1S/C16H17ClN6/c1-21-6-8-22(9-7-21)15-16-20-19-11-23(16)14(10-18-15)12-4-2-3-5-13(12)17/h2-5,10-11H,6-9H2,1H3. The fraction of sp³-hybridized carbons (Fsp3) is 0.312. The first kappa shape index (κ1) is 14.4. The van der Waals surface area contributed by atoms with E-state index in [1.54, 1.807) is 6.33 Å². The maximum atomic E-state index is 6.33. The van der Waals surface area contributed by atoms with Gasteiger partial charge in [0, 0.05) is 36.8 Å².